The molecule has 0 radical (unpaired) electrons. The molecule has 5 heteroatoms. The molecule has 1 aliphatic rings. The van der Waals surface area contributed by atoms with Gasteiger partial charge in [-0.15, -0.1) is 0 Å². The van der Waals surface area contributed by atoms with Crippen LogP contribution in [-0.4, -0.2) is 33.4 Å². The van der Waals surface area contributed by atoms with Gasteiger partial charge in [0.1, 0.15) is 0 Å². The van der Waals surface area contributed by atoms with Gasteiger partial charge in [0.2, 0.25) is 0 Å². The lowest BCUT2D eigenvalue weighted by Crippen LogP contribution is -2.09. The van der Waals surface area contributed by atoms with Crippen molar-refractivity contribution in [1.82, 2.24) is 0 Å². The molecule has 15 heavy (non-hydrogen) atoms. The molecule has 0 heterocycles. The molecule has 1 rings (SSSR count). The van der Waals surface area contributed by atoms with Gasteiger partial charge < -0.3 is 15.3 Å². The minimum atomic E-state index is -1.08. The largest absolute Gasteiger partial charge is 0.481 e. The van der Waals surface area contributed by atoms with E-state index in [1.165, 1.54) is 19.3 Å². The number of carboxylic acids is 2. The van der Waals surface area contributed by atoms with Crippen LogP contribution in [0.25, 0.3) is 0 Å². The van der Waals surface area contributed by atoms with E-state index in [2.05, 4.69) is 0 Å². The van der Waals surface area contributed by atoms with Crippen LogP contribution in [0.3, 0.4) is 0 Å². The molecule has 0 unspecified atom stereocenters. The summed E-state index contributed by atoms with van der Waals surface area (Å²) in [5, 5.41) is 24.7. The van der Waals surface area contributed by atoms with E-state index >= 15 is 0 Å². The molecule has 0 bridgehead atoms. The molecule has 1 fully saturated rings. The second kappa shape index (κ2) is 8.23. The summed E-state index contributed by atoms with van der Waals surface area (Å²) in [5.74, 6) is -2.15. The first-order chi connectivity index (χ1) is 7.02. The lowest BCUT2D eigenvalue weighted by atomic mass is 9.98. The lowest BCUT2D eigenvalue weighted by molar-refractivity contribution is -0.143. The molecule has 88 valence electrons. The SMILES string of the molecule is O=C(O)CCC(=O)O.OC1CCCCC1. The molecule has 0 atom stereocenters. The Morgan fingerprint density at radius 2 is 1.33 bits per heavy atom. The third-order valence-corrected chi connectivity index (χ3v) is 2.13. The Balaban J connectivity index is 0.000000262. The van der Waals surface area contributed by atoms with Crippen molar-refractivity contribution in [1.29, 1.82) is 0 Å². The maximum absolute atomic E-state index is 9.64. The normalized spacial score (nSPS) is 16.3. The quantitative estimate of drug-likeness (QED) is 0.662. The molecular formula is C10H18O5. The van der Waals surface area contributed by atoms with Crippen molar-refractivity contribution in [2.45, 2.75) is 51.0 Å². The summed E-state index contributed by atoms with van der Waals surface area (Å²) in [6.45, 7) is 0. The Bertz CT molecular complexity index is 182. The van der Waals surface area contributed by atoms with Crippen LogP contribution in [0.15, 0.2) is 0 Å². The van der Waals surface area contributed by atoms with Gasteiger partial charge in [0, 0.05) is 0 Å². The maximum atomic E-state index is 9.64. The highest BCUT2D eigenvalue weighted by Gasteiger charge is 2.07. The van der Waals surface area contributed by atoms with E-state index in [4.69, 9.17) is 15.3 Å². The van der Waals surface area contributed by atoms with Crippen LogP contribution in [0, 0.1) is 0 Å². The Kier molecular flexibility index (Phi) is 7.62. The minimum absolute atomic E-state index is 0.0359. The number of hydrogen-bond acceptors (Lipinski definition) is 3. The standard InChI is InChI=1S/C6H12O.C4H6O4/c7-6-4-2-1-3-5-6;5-3(6)1-2-4(7)8/h6-7H,1-5H2;1-2H2,(H,5,6)(H,7,8). The van der Waals surface area contributed by atoms with E-state index in [-0.39, 0.29) is 18.9 Å². The fraction of sp³-hybridized carbons (Fsp3) is 0.800. The minimum Gasteiger partial charge on any atom is -0.481 e. The fourth-order valence-corrected chi connectivity index (χ4v) is 1.29. The Morgan fingerprint density at radius 1 is 0.933 bits per heavy atom. The van der Waals surface area contributed by atoms with E-state index in [0.29, 0.717) is 0 Å². The molecule has 1 saturated carbocycles. The summed E-state index contributed by atoms with van der Waals surface area (Å²) in [6, 6.07) is 0. The number of rotatable bonds is 3. The molecule has 0 aromatic heterocycles. The van der Waals surface area contributed by atoms with Crippen molar-refractivity contribution in [3.63, 3.8) is 0 Å². The first kappa shape index (κ1) is 13.9. The molecule has 0 spiro atoms. The molecule has 3 N–H and O–H groups in total. The summed E-state index contributed by atoms with van der Waals surface area (Å²) in [4.78, 5) is 19.3. The van der Waals surface area contributed by atoms with Crippen molar-refractivity contribution >= 4 is 11.9 Å². The topological polar surface area (TPSA) is 94.8 Å². The lowest BCUT2D eigenvalue weighted by Gasteiger charge is -2.14. The average molecular weight is 218 g/mol. The predicted octanol–water partition coefficient (Wildman–Crippen LogP) is 1.25. The highest BCUT2D eigenvalue weighted by atomic mass is 16.4. The predicted molar refractivity (Wildman–Crippen MR) is 53.6 cm³/mol. The number of aliphatic hydroxyl groups is 1. The van der Waals surface area contributed by atoms with Gasteiger partial charge in [-0.3, -0.25) is 9.59 Å². The van der Waals surface area contributed by atoms with Crippen LogP contribution in [0.5, 0.6) is 0 Å². The molecule has 0 aromatic carbocycles. The van der Waals surface area contributed by atoms with Crippen LogP contribution in [-0.2, 0) is 9.59 Å². The van der Waals surface area contributed by atoms with Crippen molar-refractivity contribution in [2.24, 2.45) is 0 Å². The van der Waals surface area contributed by atoms with E-state index in [1.807, 2.05) is 0 Å². The van der Waals surface area contributed by atoms with Gasteiger partial charge in [0.15, 0.2) is 0 Å². The molecule has 0 aromatic rings. The molecular weight excluding hydrogens is 200 g/mol. The zero-order valence-electron chi connectivity index (χ0n) is 8.69. The van der Waals surface area contributed by atoms with Gasteiger partial charge in [-0.2, -0.15) is 0 Å². The zero-order valence-corrected chi connectivity index (χ0v) is 8.69. The third kappa shape index (κ3) is 10.8. The molecule has 0 aliphatic heterocycles. The number of carboxylic acid groups (broad SMARTS) is 2. The van der Waals surface area contributed by atoms with Gasteiger partial charge in [-0.1, -0.05) is 19.3 Å². The van der Waals surface area contributed by atoms with Gasteiger partial charge in [0.25, 0.3) is 0 Å². The van der Waals surface area contributed by atoms with Crippen LogP contribution in [0.4, 0.5) is 0 Å². The van der Waals surface area contributed by atoms with Gasteiger partial charge in [0.05, 0.1) is 18.9 Å². The van der Waals surface area contributed by atoms with Crippen molar-refractivity contribution in [2.75, 3.05) is 0 Å². The number of carbonyl (C=O) groups is 2. The first-order valence-electron chi connectivity index (χ1n) is 5.14. The zero-order chi connectivity index (χ0) is 11.7. The number of aliphatic carboxylic acids is 2. The first-order valence-corrected chi connectivity index (χ1v) is 5.14. The summed E-state index contributed by atoms with van der Waals surface area (Å²) in [7, 11) is 0. The summed E-state index contributed by atoms with van der Waals surface area (Å²) >= 11 is 0. The van der Waals surface area contributed by atoms with Gasteiger partial charge in [-0.25, -0.2) is 0 Å². The molecule has 1 aliphatic carbocycles. The van der Waals surface area contributed by atoms with E-state index < -0.39 is 11.9 Å². The fourth-order valence-electron chi connectivity index (χ4n) is 1.29. The van der Waals surface area contributed by atoms with Crippen LogP contribution in [0.1, 0.15) is 44.9 Å². The van der Waals surface area contributed by atoms with E-state index in [1.54, 1.807) is 0 Å². The van der Waals surface area contributed by atoms with Gasteiger partial charge >= 0.3 is 11.9 Å². The van der Waals surface area contributed by atoms with Gasteiger partial charge in [-0.05, 0) is 12.8 Å². The highest BCUT2D eigenvalue weighted by Crippen LogP contribution is 2.16. The molecule has 0 amide bonds. The third-order valence-electron chi connectivity index (χ3n) is 2.13. The van der Waals surface area contributed by atoms with Crippen molar-refractivity contribution in [3.8, 4) is 0 Å². The van der Waals surface area contributed by atoms with Crippen molar-refractivity contribution < 1.29 is 24.9 Å². The number of hydrogen-bond donors (Lipinski definition) is 3. The Hall–Kier alpha value is -1.10. The number of aliphatic hydroxyl groups excluding tert-OH is 1. The summed E-state index contributed by atoms with van der Waals surface area (Å²) in [6.07, 6.45) is 5.33. The summed E-state index contributed by atoms with van der Waals surface area (Å²) in [5.41, 5.74) is 0. The maximum Gasteiger partial charge on any atom is 0.303 e. The van der Waals surface area contributed by atoms with Crippen LogP contribution < -0.4 is 0 Å². The van der Waals surface area contributed by atoms with Crippen molar-refractivity contribution in [3.05, 3.63) is 0 Å². The van der Waals surface area contributed by atoms with E-state index in [9.17, 15) is 9.59 Å². The monoisotopic (exact) mass is 218 g/mol. The van der Waals surface area contributed by atoms with Crippen LogP contribution >= 0.6 is 0 Å². The van der Waals surface area contributed by atoms with Crippen LogP contribution in [0.2, 0.25) is 0 Å². The summed E-state index contributed by atoms with van der Waals surface area (Å²) < 4.78 is 0. The second-order valence-corrected chi connectivity index (χ2v) is 3.58. The molecule has 0 saturated heterocycles. The Labute approximate surface area is 88.7 Å². The second-order valence-electron chi connectivity index (χ2n) is 3.58. The average Bonchev–Trinajstić information content (AvgIpc) is 2.17. The molecule has 5 nitrogen and oxygen atoms in total. The smallest absolute Gasteiger partial charge is 0.303 e. The van der Waals surface area contributed by atoms with E-state index in [0.717, 1.165) is 12.8 Å². The Morgan fingerprint density at radius 3 is 1.53 bits per heavy atom. The highest BCUT2D eigenvalue weighted by molar-refractivity contribution is 5.75.